The van der Waals surface area contributed by atoms with Crippen LogP contribution < -0.4 is 9.47 Å². The summed E-state index contributed by atoms with van der Waals surface area (Å²) in [7, 11) is 4.95. The molecular formula is C21H23N3O4. The molecule has 0 aliphatic carbocycles. The molecule has 28 heavy (non-hydrogen) atoms. The molecule has 7 heteroatoms. The van der Waals surface area contributed by atoms with E-state index in [4.69, 9.17) is 14.0 Å². The molecule has 0 radical (unpaired) electrons. The SMILES string of the molecule is COc1cccc(-c2noc(CN(C)C(=O)Cc3ccc(OC)c(C)c3)n2)c1. The van der Waals surface area contributed by atoms with Crippen LogP contribution in [0.2, 0.25) is 0 Å². The molecule has 1 amide bonds. The third-order valence-electron chi connectivity index (χ3n) is 4.41. The van der Waals surface area contributed by atoms with Crippen molar-refractivity contribution in [3.05, 3.63) is 59.5 Å². The first kappa shape index (κ1) is 19.4. The second kappa shape index (κ2) is 8.56. The van der Waals surface area contributed by atoms with Gasteiger partial charge in [-0.2, -0.15) is 4.98 Å². The van der Waals surface area contributed by atoms with Crippen LogP contribution in [0.5, 0.6) is 11.5 Å². The van der Waals surface area contributed by atoms with Gasteiger partial charge in [0.15, 0.2) is 0 Å². The predicted octanol–water partition coefficient (Wildman–Crippen LogP) is 3.26. The van der Waals surface area contributed by atoms with Gasteiger partial charge < -0.3 is 18.9 Å². The summed E-state index contributed by atoms with van der Waals surface area (Å²) < 4.78 is 15.8. The first-order valence-electron chi connectivity index (χ1n) is 8.84. The van der Waals surface area contributed by atoms with E-state index in [1.165, 1.54) is 0 Å². The Morgan fingerprint density at radius 3 is 2.68 bits per heavy atom. The highest BCUT2D eigenvalue weighted by Crippen LogP contribution is 2.22. The second-order valence-electron chi connectivity index (χ2n) is 6.47. The number of benzene rings is 2. The fourth-order valence-electron chi connectivity index (χ4n) is 2.85. The highest BCUT2D eigenvalue weighted by Gasteiger charge is 2.16. The van der Waals surface area contributed by atoms with E-state index in [0.29, 0.717) is 17.5 Å². The number of rotatable bonds is 7. The molecule has 0 saturated heterocycles. The summed E-state index contributed by atoms with van der Waals surface area (Å²) in [5.41, 5.74) is 2.71. The highest BCUT2D eigenvalue weighted by molar-refractivity contribution is 5.78. The molecule has 0 fully saturated rings. The molecule has 0 bridgehead atoms. The number of carbonyl (C=O) groups is 1. The van der Waals surface area contributed by atoms with Crippen molar-refractivity contribution in [3.63, 3.8) is 0 Å². The molecule has 0 aliphatic rings. The normalized spacial score (nSPS) is 10.6. The summed E-state index contributed by atoms with van der Waals surface area (Å²) in [5.74, 6) is 2.32. The maximum Gasteiger partial charge on any atom is 0.246 e. The minimum Gasteiger partial charge on any atom is -0.497 e. The monoisotopic (exact) mass is 381 g/mol. The molecule has 1 aromatic heterocycles. The van der Waals surface area contributed by atoms with Crippen molar-refractivity contribution < 1.29 is 18.8 Å². The lowest BCUT2D eigenvalue weighted by molar-refractivity contribution is -0.130. The van der Waals surface area contributed by atoms with Gasteiger partial charge in [-0.1, -0.05) is 29.4 Å². The Morgan fingerprint density at radius 1 is 1.14 bits per heavy atom. The number of likely N-dealkylation sites (N-methyl/N-ethyl adjacent to an activating group) is 1. The second-order valence-corrected chi connectivity index (χ2v) is 6.47. The molecule has 0 saturated carbocycles. The van der Waals surface area contributed by atoms with Gasteiger partial charge in [0.05, 0.1) is 27.2 Å². The minimum absolute atomic E-state index is 0.0364. The lowest BCUT2D eigenvalue weighted by atomic mass is 10.1. The minimum atomic E-state index is -0.0364. The van der Waals surface area contributed by atoms with Crippen LogP contribution in [0, 0.1) is 6.92 Å². The topological polar surface area (TPSA) is 77.7 Å². The maximum atomic E-state index is 12.5. The number of carbonyl (C=O) groups excluding carboxylic acids is 1. The molecule has 1 heterocycles. The summed E-state index contributed by atoms with van der Waals surface area (Å²) in [5, 5.41) is 4.00. The molecule has 7 nitrogen and oxygen atoms in total. The van der Waals surface area contributed by atoms with Crippen molar-refractivity contribution in [2.75, 3.05) is 21.3 Å². The lowest BCUT2D eigenvalue weighted by Crippen LogP contribution is -2.27. The summed E-state index contributed by atoms with van der Waals surface area (Å²) in [6.45, 7) is 2.19. The smallest absolute Gasteiger partial charge is 0.246 e. The Balaban J connectivity index is 1.64. The molecule has 3 rings (SSSR count). The van der Waals surface area contributed by atoms with Gasteiger partial charge in [-0.3, -0.25) is 4.79 Å². The standard InChI is InChI=1S/C21H23N3O4/c1-14-10-15(8-9-18(14)27-4)11-20(25)24(2)13-19-22-21(23-28-19)16-6-5-7-17(12-16)26-3/h5-10,12H,11,13H2,1-4H3. The van der Waals surface area contributed by atoms with Crippen molar-refractivity contribution in [1.82, 2.24) is 15.0 Å². The van der Waals surface area contributed by atoms with Gasteiger partial charge in [0.2, 0.25) is 17.6 Å². The van der Waals surface area contributed by atoms with Crippen LogP contribution in [0.4, 0.5) is 0 Å². The Morgan fingerprint density at radius 2 is 1.96 bits per heavy atom. The summed E-state index contributed by atoms with van der Waals surface area (Å²) in [4.78, 5) is 18.5. The molecule has 146 valence electrons. The third-order valence-corrected chi connectivity index (χ3v) is 4.41. The molecule has 0 atom stereocenters. The van der Waals surface area contributed by atoms with Gasteiger partial charge >= 0.3 is 0 Å². The third kappa shape index (κ3) is 4.49. The van der Waals surface area contributed by atoms with Gasteiger partial charge in [-0.05, 0) is 36.2 Å². The van der Waals surface area contributed by atoms with E-state index in [9.17, 15) is 4.79 Å². The molecule has 2 aromatic carbocycles. The van der Waals surface area contributed by atoms with E-state index in [1.54, 1.807) is 26.2 Å². The van der Waals surface area contributed by atoms with Crippen LogP contribution in [0.1, 0.15) is 17.0 Å². The number of ether oxygens (including phenoxy) is 2. The molecule has 0 aliphatic heterocycles. The number of aryl methyl sites for hydroxylation is 1. The number of hydrogen-bond acceptors (Lipinski definition) is 6. The Bertz CT molecular complexity index is 968. The number of nitrogens with zero attached hydrogens (tertiary/aromatic N) is 3. The molecular weight excluding hydrogens is 358 g/mol. The van der Waals surface area contributed by atoms with Gasteiger partial charge in [-0.25, -0.2) is 0 Å². The Labute approximate surface area is 163 Å². The van der Waals surface area contributed by atoms with E-state index < -0.39 is 0 Å². The van der Waals surface area contributed by atoms with Crippen LogP contribution in [0.25, 0.3) is 11.4 Å². The molecule has 3 aromatic rings. The summed E-state index contributed by atoms with van der Waals surface area (Å²) in [6, 6.07) is 13.1. The average Bonchev–Trinajstić information content (AvgIpc) is 3.16. The first-order valence-corrected chi connectivity index (χ1v) is 8.84. The zero-order valence-corrected chi connectivity index (χ0v) is 16.4. The van der Waals surface area contributed by atoms with Gasteiger partial charge in [-0.15, -0.1) is 0 Å². The highest BCUT2D eigenvalue weighted by atomic mass is 16.5. The number of aromatic nitrogens is 2. The molecule has 0 unspecified atom stereocenters. The number of amides is 1. The van der Waals surface area contributed by atoms with E-state index in [0.717, 1.165) is 22.4 Å². The number of hydrogen-bond donors (Lipinski definition) is 0. The van der Waals surface area contributed by atoms with E-state index >= 15 is 0 Å². The van der Waals surface area contributed by atoms with E-state index in [2.05, 4.69) is 10.1 Å². The molecule has 0 N–H and O–H groups in total. The fourth-order valence-corrected chi connectivity index (χ4v) is 2.85. The first-order chi connectivity index (χ1) is 13.5. The van der Waals surface area contributed by atoms with Gasteiger partial charge in [0, 0.05) is 12.6 Å². The van der Waals surface area contributed by atoms with Crippen LogP contribution in [0.15, 0.2) is 47.0 Å². The Kier molecular flexibility index (Phi) is 5.93. The van der Waals surface area contributed by atoms with E-state index in [-0.39, 0.29) is 18.9 Å². The van der Waals surface area contributed by atoms with Crippen molar-refractivity contribution in [2.45, 2.75) is 19.9 Å². The zero-order valence-electron chi connectivity index (χ0n) is 16.4. The van der Waals surface area contributed by atoms with Gasteiger partial charge in [0.25, 0.3) is 0 Å². The largest absolute Gasteiger partial charge is 0.497 e. The lowest BCUT2D eigenvalue weighted by Gasteiger charge is -2.15. The zero-order chi connectivity index (χ0) is 20.1. The van der Waals surface area contributed by atoms with Crippen LogP contribution in [-0.2, 0) is 17.8 Å². The maximum absolute atomic E-state index is 12.5. The fraction of sp³-hybridized carbons (Fsp3) is 0.286. The molecule has 0 spiro atoms. The van der Waals surface area contributed by atoms with E-state index in [1.807, 2.05) is 49.4 Å². The average molecular weight is 381 g/mol. The van der Waals surface area contributed by atoms with Crippen LogP contribution in [-0.4, -0.2) is 42.2 Å². The Hall–Kier alpha value is -3.35. The van der Waals surface area contributed by atoms with Gasteiger partial charge in [0.1, 0.15) is 11.5 Å². The summed E-state index contributed by atoms with van der Waals surface area (Å²) >= 11 is 0. The van der Waals surface area contributed by atoms with Crippen molar-refractivity contribution >= 4 is 5.91 Å². The predicted molar refractivity (Wildman–Crippen MR) is 104 cm³/mol. The summed E-state index contributed by atoms with van der Waals surface area (Å²) in [6.07, 6.45) is 0.290. The van der Waals surface area contributed by atoms with Crippen LogP contribution in [0.3, 0.4) is 0 Å². The van der Waals surface area contributed by atoms with Crippen molar-refractivity contribution in [3.8, 4) is 22.9 Å². The van der Waals surface area contributed by atoms with Crippen LogP contribution >= 0.6 is 0 Å². The number of methoxy groups -OCH3 is 2. The van der Waals surface area contributed by atoms with Crippen molar-refractivity contribution in [1.29, 1.82) is 0 Å². The van der Waals surface area contributed by atoms with Crippen molar-refractivity contribution in [2.24, 2.45) is 0 Å². The quantitative estimate of drug-likeness (QED) is 0.625.